The second-order valence-electron chi connectivity index (χ2n) is 5.94. The average molecular weight is 352 g/mol. The van der Waals surface area contributed by atoms with Crippen LogP contribution in [0.5, 0.6) is 0 Å². The summed E-state index contributed by atoms with van der Waals surface area (Å²) in [6.07, 6.45) is 4.52. The van der Waals surface area contributed by atoms with Crippen LogP contribution < -0.4 is 5.73 Å². The lowest BCUT2D eigenvalue weighted by Crippen LogP contribution is -2.38. The first-order chi connectivity index (χ1) is 12.0. The van der Waals surface area contributed by atoms with Gasteiger partial charge < -0.3 is 5.73 Å². The molecule has 2 amide bonds. The van der Waals surface area contributed by atoms with Gasteiger partial charge in [0.1, 0.15) is 0 Å². The van der Waals surface area contributed by atoms with Gasteiger partial charge in [-0.25, -0.2) is 4.79 Å². The second kappa shape index (κ2) is 7.51. The molecule has 128 valence electrons. The number of hydrogen-bond donors (Lipinski definition) is 2. The standard InChI is InChI=1S/C20H20N2O2S/c1-14(22(24)20(21)23)6-9-18-10-11-19(25-18)13-15-7-8-16-4-2-3-5-17(16)12-15/h2-12,14,24H,13H2,1H3,(H2,21,23). The van der Waals surface area contributed by atoms with Crippen molar-refractivity contribution in [3.63, 3.8) is 0 Å². The number of carbonyl (C=O) groups excluding carboxylic acids is 1. The van der Waals surface area contributed by atoms with E-state index in [2.05, 4.69) is 42.5 Å². The van der Waals surface area contributed by atoms with E-state index in [9.17, 15) is 10.0 Å². The maximum absolute atomic E-state index is 10.9. The van der Waals surface area contributed by atoms with Gasteiger partial charge >= 0.3 is 6.03 Å². The highest BCUT2D eigenvalue weighted by atomic mass is 32.1. The van der Waals surface area contributed by atoms with Crippen molar-refractivity contribution in [2.24, 2.45) is 5.73 Å². The minimum atomic E-state index is -0.861. The summed E-state index contributed by atoms with van der Waals surface area (Å²) in [5.74, 6) is 0. The fourth-order valence-electron chi connectivity index (χ4n) is 2.65. The molecule has 0 bridgehead atoms. The Morgan fingerprint density at radius 2 is 1.96 bits per heavy atom. The van der Waals surface area contributed by atoms with Crippen molar-refractivity contribution in [2.45, 2.75) is 19.4 Å². The Hall–Kier alpha value is -2.63. The molecule has 1 unspecified atom stereocenters. The summed E-state index contributed by atoms with van der Waals surface area (Å²) < 4.78 is 0. The van der Waals surface area contributed by atoms with Crippen LogP contribution in [0.4, 0.5) is 4.79 Å². The van der Waals surface area contributed by atoms with Crippen molar-refractivity contribution in [1.82, 2.24) is 5.06 Å². The van der Waals surface area contributed by atoms with Crippen LogP contribution in [0.15, 0.2) is 60.7 Å². The van der Waals surface area contributed by atoms with Gasteiger partial charge in [0.05, 0.1) is 6.04 Å². The zero-order valence-corrected chi connectivity index (χ0v) is 14.7. The summed E-state index contributed by atoms with van der Waals surface area (Å²) >= 11 is 1.69. The number of benzene rings is 2. The van der Waals surface area contributed by atoms with Crippen molar-refractivity contribution >= 4 is 34.2 Å². The van der Waals surface area contributed by atoms with Crippen LogP contribution in [0.1, 0.15) is 22.2 Å². The summed E-state index contributed by atoms with van der Waals surface area (Å²) in [7, 11) is 0. The Balaban J connectivity index is 1.69. The minimum absolute atomic E-state index is 0.469. The summed E-state index contributed by atoms with van der Waals surface area (Å²) in [6.45, 7) is 1.70. The molecule has 3 rings (SSSR count). The first kappa shape index (κ1) is 17.2. The molecule has 1 heterocycles. The van der Waals surface area contributed by atoms with Crippen LogP contribution >= 0.6 is 11.3 Å². The second-order valence-corrected chi connectivity index (χ2v) is 7.14. The molecule has 0 aliphatic rings. The van der Waals surface area contributed by atoms with Gasteiger partial charge in [0.2, 0.25) is 0 Å². The number of hydrogen-bond acceptors (Lipinski definition) is 3. The minimum Gasteiger partial charge on any atom is -0.350 e. The number of nitrogens with two attached hydrogens (primary N) is 1. The van der Waals surface area contributed by atoms with Crippen LogP contribution in [-0.4, -0.2) is 22.3 Å². The molecule has 3 N–H and O–H groups in total. The SMILES string of the molecule is CC(C=Cc1ccc(Cc2ccc3ccccc3c2)s1)N(O)C(N)=O. The van der Waals surface area contributed by atoms with Gasteiger partial charge in [0, 0.05) is 16.2 Å². The van der Waals surface area contributed by atoms with Gasteiger partial charge in [-0.05, 0) is 41.5 Å². The van der Waals surface area contributed by atoms with Gasteiger partial charge in [0.25, 0.3) is 0 Å². The molecule has 4 nitrogen and oxygen atoms in total. The Labute approximate surface area is 150 Å². The molecule has 0 saturated heterocycles. The molecule has 1 atom stereocenters. The molecule has 1 aromatic heterocycles. The van der Waals surface area contributed by atoms with Gasteiger partial charge in [-0.2, -0.15) is 5.06 Å². The van der Waals surface area contributed by atoms with Crippen molar-refractivity contribution in [3.05, 3.63) is 76.0 Å². The number of primary amides is 1. The lowest BCUT2D eigenvalue weighted by Gasteiger charge is -2.16. The van der Waals surface area contributed by atoms with E-state index in [1.807, 2.05) is 18.2 Å². The van der Waals surface area contributed by atoms with Crippen molar-refractivity contribution in [2.75, 3.05) is 0 Å². The van der Waals surface area contributed by atoms with Crippen LogP contribution in [-0.2, 0) is 6.42 Å². The van der Waals surface area contributed by atoms with Gasteiger partial charge in [-0.3, -0.25) is 5.21 Å². The topological polar surface area (TPSA) is 66.6 Å². The Kier molecular flexibility index (Phi) is 5.16. The fraction of sp³-hybridized carbons (Fsp3) is 0.150. The summed E-state index contributed by atoms with van der Waals surface area (Å²) in [6, 6.07) is 17.7. The molecule has 0 aliphatic carbocycles. The molecule has 3 aromatic rings. The van der Waals surface area contributed by atoms with Crippen molar-refractivity contribution < 1.29 is 10.0 Å². The molecule has 0 radical (unpaired) electrons. The van der Waals surface area contributed by atoms with E-state index in [-0.39, 0.29) is 0 Å². The zero-order chi connectivity index (χ0) is 17.8. The first-order valence-electron chi connectivity index (χ1n) is 8.05. The number of carbonyl (C=O) groups is 1. The van der Waals surface area contributed by atoms with Crippen LogP contribution in [0, 0.1) is 0 Å². The van der Waals surface area contributed by atoms with Gasteiger partial charge in [0.15, 0.2) is 0 Å². The number of fused-ring (bicyclic) bond motifs is 1. The third-order valence-corrected chi connectivity index (χ3v) is 5.08. The van der Waals surface area contributed by atoms with E-state index in [4.69, 9.17) is 5.73 Å². The molecule has 2 aromatic carbocycles. The molecule has 0 saturated carbocycles. The molecular formula is C20H20N2O2S. The zero-order valence-electron chi connectivity index (χ0n) is 13.9. The highest BCUT2D eigenvalue weighted by molar-refractivity contribution is 7.12. The number of urea groups is 1. The van der Waals surface area contributed by atoms with Crippen molar-refractivity contribution in [3.8, 4) is 0 Å². The smallest absolute Gasteiger partial charge is 0.339 e. The highest BCUT2D eigenvalue weighted by Gasteiger charge is 2.11. The normalized spacial score (nSPS) is 12.6. The van der Waals surface area contributed by atoms with Gasteiger partial charge in [-0.1, -0.05) is 48.5 Å². The largest absolute Gasteiger partial charge is 0.350 e. The Bertz CT molecular complexity index is 917. The molecule has 5 heteroatoms. The van der Waals surface area contributed by atoms with Crippen LogP contribution in [0.25, 0.3) is 16.8 Å². The predicted octanol–water partition coefficient (Wildman–Crippen LogP) is 4.66. The number of nitrogens with zero attached hydrogens (tertiary/aromatic N) is 1. The fourth-order valence-corrected chi connectivity index (χ4v) is 3.61. The van der Waals surface area contributed by atoms with Crippen LogP contribution in [0.3, 0.4) is 0 Å². The number of hydroxylamine groups is 2. The van der Waals surface area contributed by atoms with E-state index in [0.29, 0.717) is 5.06 Å². The van der Waals surface area contributed by atoms with E-state index < -0.39 is 12.1 Å². The lowest BCUT2D eigenvalue weighted by atomic mass is 10.0. The quantitative estimate of drug-likeness (QED) is 0.518. The summed E-state index contributed by atoms with van der Waals surface area (Å²) in [5.41, 5.74) is 6.32. The monoisotopic (exact) mass is 352 g/mol. The lowest BCUT2D eigenvalue weighted by molar-refractivity contribution is -0.0560. The third kappa shape index (κ3) is 4.26. The highest BCUT2D eigenvalue weighted by Crippen LogP contribution is 2.23. The Morgan fingerprint density at radius 1 is 1.20 bits per heavy atom. The predicted molar refractivity (Wildman–Crippen MR) is 103 cm³/mol. The van der Waals surface area contributed by atoms with Crippen molar-refractivity contribution in [1.29, 1.82) is 0 Å². The van der Waals surface area contributed by atoms with E-state index in [1.165, 1.54) is 21.2 Å². The third-order valence-electron chi connectivity index (χ3n) is 4.03. The Morgan fingerprint density at radius 3 is 2.72 bits per heavy atom. The molecule has 0 aliphatic heterocycles. The number of rotatable bonds is 5. The molecular weight excluding hydrogens is 332 g/mol. The van der Waals surface area contributed by atoms with E-state index >= 15 is 0 Å². The molecule has 25 heavy (non-hydrogen) atoms. The average Bonchev–Trinajstić information content (AvgIpc) is 3.06. The maximum atomic E-state index is 10.9. The van der Waals surface area contributed by atoms with E-state index in [1.54, 1.807) is 24.3 Å². The number of amides is 2. The molecule has 0 fully saturated rings. The van der Waals surface area contributed by atoms with E-state index in [0.717, 1.165) is 11.3 Å². The number of thiophene rings is 1. The van der Waals surface area contributed by atoms with Crippen LogP contribution in [0.2, 0.25) is 0 Å². The summed E-state index contributed by atoms with van der Waals surface area (Å²) in [4.78, 5) is 13.3. The first-order valence-corrected chi connectivity index (χ1v) is 8.87. The van der Waals surface area contributed by atoms with Gasteiger partial charge in [-0.15, -0.1) is 11.3 Å². The maximum Gasteiger partial charge on any atom is 0.339 e. The summed E-state index contributed by atoms with van der Waals surface area (Å²) in [5, 5.41) is 12.5. The molecule has 0 spiro atoms.